The highest BCUT2D eigenvalue weighted by Crippen LogP contribution is 2.27. The van der Waals surface area contributed by atoms with Crippen molar-refractivity contribution >= 4 is 23.2 Å². The lowest BCUT2D eigenvalue weighted by atomic mass is 10.00. The summed E-state index contributed by atoms with van der Waals surface area (Å²) in [5.41, 5.74) is 3.02. The maximum Gasteiger partial charge on any atom is 0.274 e. The molecule has 7 nitrogen and oxygen atoms in total. The summed E-state index contributed by atoms with van der Waals surface area (Å²) in [6.45, 7) is 9.09. The van der Waals surface area contributed by atoms with Crippen LogP contribution >= 0.6 is 0 Å². The minimum atomic E-state index is -0.206. The Hall–Kier alpha value is -2.67. The molecule has 0 bridgehead atoms. The first-order valence-electron chi connectivity index (χ1n) is 10.4. The Labute approximate surface area is 172 Å². The number of aryl methyl sites for hydroxylation is 1. The first kappa shape index (κ1) is 19.6. The van der Waals surface area contributed by atoms with E-state index in [4.69, 9.17) is 4.74 Å². The maximum atomic E-state index is 13.0. The van der Waals surface area contributed by atoms with Gasteiger partial charge in [-0.1, -0.05) is 19.1 Å². The van der Waals surface area contributed by atoms with Crippen molar-refractivity contribution < 1.29 is 9.53 Å². The van der Waals surface area contributed by atoms with E-state index < -0.39 is 0 Å². The van der Waals surface area contributed by atoms with Gasteiger partial charge in [-0.25, -0.2) is 9.97 Å². The van der Waals surface area contributed by atoms with Crippen LogP contribution in [0.1, 0.15) is 35.9 Å². The Morgan fingerprint density at radius 2 is 1.79 bits per heavy atom. The van der Waals surface area contributed by atoms with Crippen molar-refractivity contribution in [1.29, 1.82) is 0 Å². The molecule has 1 N–H and O–H groups in total. The summed E-state index contributed by atoms with van der Waals surface area (Å²) < 4.78 is 5.45. The number of piperidine rings is 1. The van der Waals surface area contributed by atoms with Gasteiger partial charge in [-0.3, -0.25) is 4.79 Å². The van der Waals surface area contributed by atoms with Crippen molar-refractivity contribution in [2.75, 3.05) is 54.5 Å². The van der Waals surface area contributed by atoms with E-state index in [0.717, 1.165) is 62.0 Å². The van der Waals surface area contributed by atoms with E-state index in [9.17, 15) is 4.79 Å². The normalized spacial score (nSPS) is 18.0. The standard InChI is InChI=1S/C22H29N5O2/c1-16-7-9-27(10-8-16)22-23-17(2)15-19(25-22)21(28)24-18-5-3-4-6-20(18)26-11-13-29-14-12-26/h3-6,15-16H,7-14H2,1-2H3,(H,24,28). The number of hydrogen-bond donors (Lipinski definition) is 1. The van der Waals surface area contributed by atoms with Crippen LogP contribution in [0.25, 0.3) is 0 Å². The Bertz CT molecular complexity index is 858. The summed E-state index contributed by atoms with van der Waals surface area (Å²) in [6.07, 6.45) is 2.26. The average molecular weight is 396 g/mol. The fraction of sp³-hybridized carbons (Fsp3) is 0.500. The first-order chi connectivity index (χ1) is 14.1. The van der Waals surface area contributed by atoms with Gasteiger partial charge in [0, 0.05) is 31.9 Å². The molecule has 2 fully saturated rings. The molecule has 1 amide bonds. The molecule has 7 heteroatoms. The molecule has 0 unspecified atom stereocenters. The van der Waals surface area contributed by atoms with Crippen molar-refractivity contribution in [3.63, 3.8) is 0 Å². The number of para-hydroxylation sites is 2. The number of rotatable bonds is 4. The number of benzene rings is 1. The van der Waals surface area contributed by atoms with Crippen molar-refractivity contribution in [3.05, 3.63) is 41.7 Å². The number of ether oxygens (including phenoxy) is 1. The molecule has 0 spiro atoms. The molecule has 2 aromatic rings. The zero-order chi connectivity index (χ0) is 20.2. The van der Waals surface area contributed by atoms with Crippen LogP contribution in [-0.2, 0) is 4.74 Å². The van der Waals surface area contributed by atoms with Crippen LogP contribution in [0.2, 0.25) is 0 Å². The maximum absolute atomic E-state index is 13.0. The number of aromatic nitrogens is 2. The van der Waals surface area contributed by atoms with Gasteiger partial charge in [0.1, 0.15) is 5.69 Å². The smallest absolute Gasteiger partial charge is 0.274 e. The van der Waals surface area contributed by atoms with E-state index in [1.165, 1.54) is 0 Å². The van der Waals surface area contributed by atoms with Crippen molar-refractivity contribution in [1.82, 2.24) is 9.97 Å². The number of carbonyl (C=O) groups excluding carboxylic acids is 1. The highest BCUT2D eigenvalue weighted by molar-refractivity contribution is 6.04. The van der Waals surface area contributed by atoms with Gasteiger partial charge in [-0.15, -0.1) is 0 Å². The summed E-state index contributed by atoms with van der Waals surface area (Å²) in [4.78, 5) is 26.6. The molecule has 2 aliphatic heterocycles. The fourth-order valence-corrected chi connectivity index (χ4v) is 3.86. The van der Waals surface area contributed by atoms with Gasteiger partial charge in [0.2, 0.25) is 5.95 Å². The molecule has 0 atom stereocenters. The molecule has 1 aromatic heterocycles. The number of amides is 1. The number of anilines is 3. The second-order valence-corrected chi connectivity index (χ2v) is 7.93. The highest BCUT2D eigenvalue weighted by atomic mass is 16.5. The lowest BCUT2D eigenvalue weighted by Gasteiger charge is -2.31. The lowest BCUT2D eigenvalue weighted by molar-refractivity contribution is 0.102. The van der Waals surface area contributed by atoms with Crippen LogP contribution in [0.5, 0.6) is 0 Å². The number of hydrogen-bond acceptors (Lipinski definition) is 6. The lowest BCUT2D eigenvalue weighted by Crippen LogP contribution is -2.36. The molecule has 2 saturated heterocycles. The zero-order valence-electron chi connectivity index (χ0n) is 17.2. The minimum Gasteiger partial charge on any atom is -0.378 e. The number of nitrogens with zero attached hydrogens (tertiary/aromatic N) is 4. The quantitative estimate of drug-likeness (QED) is 0.858. The molecule has 1 aromatic carbocycles. The minimum absolute atomic E-state index is 0.206. The van der Waals surface area contributed by atoms with Crippen molar-refractivity contribution in [2.24, 2.45) is 5.92 Å². The number of nitrogens with one attached hydrogen (secondary N) is 1. The largest absolute Gasteiger partial charge is 0.378 e. The molecule has 29 heavy (non-hydrogen) atoms. The van der Waals surface area contributed by atoms with Crippen LogP contribution in [0.15, 0.2) is 30.3 Å². The third kappa shape index (κ3) is 4.67. The first-order valence-corrected chi connectivity index (χ1v) is 10.4. The molecule has 2 aliphatic rings. The van der Waals surface area contributed by atoms with Gasteiger partial charge in [0.15, 0.2) is 0 Å². The molecule has 0 saturated carbocycles. The Morgan fingerprint density at radius 3 is 2.55 bits per heavy atom. The molecular weight excluding hydrogens is 366 g/mol. The number of carbonyl (C=O) groups is 1. The van der Waals surface area contributed by atoms with E-state index >= 15 is 0 Å². The zero-order valence-corrected chi connectivity index (χ0v) is 17.2. The topological polar surface area (TPSA) is 70.6 Å². The van der Waals surface area contributed by atoms with E-state index in [2.05, 4.69) is 32.0 Å². The number of morpholine rings is 1. The Kier molecular flexibility index (Phi) is 5.94. The van der Waals surface area contributed by atoms with E-state index in [1.807, 2.05) is 31.2 Å². The summed E-state index contributed by atoms with van der Waals surface area (Å²) in [7, 11) is 0. The SMILES string of the molecule is Cc1cc(C(=O)Nc2ccccc2N2CCOCC2)nc(N2CCC(C)CC2)n1. The predicted octanol–water partition coefficient (Wildman–Crippen LogP) is 3.11. The molecule has 0 radical (unpaired) electrons. The van der Waals surface area contributed by atoms with E-state index in [1.54, 1.807) is 6.07 Å². The van der Waals surface area contributed by atoms with Crippen LogP contribution < -0.4 is 15.1 Å². The second-order valence-electron chi connectivity index (χ2n) is 7.93. The van der Waals surface area contributed by atoms with Crippen LogP contribution in [0.4, 0.5) is 17.3 Å². The monoisotopic (exact) mass is 395 g/mol. The van der Waals surface area contributed by atoms with Gasteiger partial charge in [-0.05, 0) is 43.9 Å². The van der Waals surface area contributed by atoms with Crippen molar-refractivity contribution in [2.45, 2.75) is 26.7 Å². The Balaban J connectivity index is 1.53. The summed E-state index contributed by atoms with van der Waals surface area (Å²) in [5, 5.41) is 3.06. The third-order valence-electron chi connectivity index (χ3n) is 5.65. The average Bonchev–Trinajstić information content (AvgIpc) is 2.75. The molecule has 154 valence electrons. The van der Waals surface area contributed by atoms with E-state index in [0.29, 0.717) is 24.9 Å². The summed E-state index contributed by atoms with van der Waals surface area (Å²) in [5.74, 6) is 1.18. The van der Waals surface area contributed by atoms with Crippen LogP contribution in [-0.4, -0.2) is 55.3 Å². The third-order valence-corrected chi connectivity index (χ3v) is 5.65. The van der Waals surface area contributed by atoms with Gasteiger partial charge in [0.25, 0.3) is 5.91 Å². The van der Waals surface area contributed by atoms with E-state index in [-0.39, 0.29) is 5.91 Å². The predicted molar refractivity (Wildman–Crippen MR) is 115 cm³/mol. The molecule has 3 heterocycles. The fourth-order valence-electron chi connectivity index (χ4n) is 3.86. The summed E-state index contributed by atoms with van der Waals surface area (Å²) >= 11 is 0. The van der Waals surface area contributed by atoms with Gasteiger partial charge < -0.3 is 19.9 Å². The van der Waals surface area contributed by atoms with Crippen molar-refractivity contribution in [3.8, 4) is 0 Å². The van der Waals surface area contributed by atoms with Crippen LogP contribution in [0, 0.1) is 12.8 Å². The highest BCUT2D eigenvalue weighted by Gasteiger charge is 2.21. The second kappa shape index (κ2) is 8.78. The van der Waals surface area contributed by atoms with Gasteiger partial charge >= 0.3 is 0 Å². The molecular formula is C22H29N5O2. The van der Waals surface area contributed by atoms with Gasteiger partial charge in [-0.2, -0.15) is 0 Å². The molecule has 0 aliphatic carbocycles. The Morgan fingerprint density at radius 1 is 1.07 bits per heavy atom. The summed E-state index contributed by atoms with van der Waals surface area (Å²) in [6, 6.07) is 9.65. The molecule has 4 rings (SSSR count). The van der Waals surface area contributed by atoms with Crippen LogP contribution in [0.3, 0.4) is 0 Å². The van der Waals surface area contributed by atoms with Gasteiger partial charge in [0.05, 0.1) is 24.6 Å².